The average molecular weight is 311 g/mol. The van der Waals surface area contributed by atoms with Gasteiger partial charge in [-0.05, 0) is 26.0 Å². The Bertz CT molecular complexity index is 825. The number of aromatic nitrogens is 5. The Morgan fingerprint density at radius 3 is 2.59 bits per heavy atom. The monoisotopic (exact) mass is 311 g/mol. The molecule has 0 aliphatic rings. The number of hydrogen-bond donors (Lipinski definition) is 0. The molecule has 6 heteroatoms. The van der Waals surface area contributed by atoms with Crippen LogP contribution in [-0.2, 0) is 12.3 Å². The van der Waals surface area contributed by atoms with Crippen molar-refractivity contribution in [2.24, 2.45) is 0 Å². The first kappa shape index (κ1) is 14.7. The van der Waals surface area contributed by atoms with Gasteiger partial charge in [-0.1, -0.05) is 30.0 Å². The van der Waals surface area contributed by atoms with Crippen LogP contribution in [0.2, 0.25) is 0 Å². The molecule has 0 saturated carbocycles. The van der Waals surface area contributed by atoms with Crippen LogP contribution in [0.3, 0.4) is 0 Å². The molecule has 0 spiro atoms. The third-order valence-corrected chi connectivity index (χ3v) is 4.37. The normalized spacial score (nSPS) is 11.0. The van der Waals surface area contributed by atoms with Gasteiger partial charge in [-0.3, -0.25) is 0 Å². The molecule has 1 aromatic carbocycles. The molecule has 0 aliphatic heterocycles. The highest BCUT2D eigenvalue weighted by Gasteiger charge is 2.11. The average Bonchev–Trinajstić information content (AvgIpc) is 2.86. The highest BCUT2D eigenvalue weighted by Crippen LogP contribution is 2.23. The second-order valence-corrected chi connectivity index (χ2v) is 5.90. The lowest BCUT2D eigenvalue weighted by Gasteiger charge is -2.07. The number of nitrogens with zero attached hydrogens (tertiary/aromatic N) is 5. The minimum atomic E-state index is 0.712. The number of hydrogen-bond acceptors (Lipinski definition) is 5. The predicted octanol–water partition coefficient (Wildman–Crippen LogP) is 3.32. The second-order valence-electron chi connectivity index (χ2n) is 4.96. The number of allylic oxidation sites excluding steroid dienone is 1. The molecule has 112 valence electrons. The Morgan fingerprint density at radius 2 is 1.86 bits per heavy atom. The molecule has 5 nitrogen and oxygen atoms in total. The van der Waals surface area contributed by atoms with E-state index >= 15 is 0 Å². The van der Waals surface area contributed by atoms with Crippen LogP contribution < -0.4 is 0 Å². The summed E-state index contributed by atoms with van der Waals surface area (Å²) in [6, 6.07) is 7.93. The van der Waals surface area contributed by atoms with Crippen LogP contribution in [0.15, 0.2) is 42.1 Å². The van der Waals surface area contributed by atoms with Crippen LogP contribution in [-0.4, -0.2) is 24.7 Å². The Morgan fingerprint density at radius 1 is 1.14 bits per heavy atom. The molecule has 0 amide bonds. The van der Waals surface area contributed by atoms with Gasteiger partial charge in [0.25, 0.3) is 0 Å². The molecule has 0 bridgehead atoms. The van der Waals surface area contributed by atoms with Gasteiger partial charge in [0.2, 0.25) is 0 Å². The zero-order valence-corrected chi connectivity index (χ0v) is 13.5. The minimum absolute atomic E-state index is 0.712. The van der Waals surface area contributed by atoms with Crippen molar-refractivity contribution in [3.63, 3.8) is 0 Å². The molecule has 3 aromatic rings. The van der Waals surface area contributed by atoms with E-state index in [-0.39, 0.29) is 0 Å². The van der Waals surface area contributed by atoms with Crippen molar-refractivity contribution in [3.8, 4) is 0 Å². The first-order valence-corrected chi connectivity index (χ1v) is 8.03. The van der Waals surface area contributed by atoms with Gasteiger partial charge in [0.05, 0.1) is 22.4 Å². The van der Waals surface area contributed by atoms with Crippen LogP contribution >= 0.6 is 11.8 Å². The van der Waals surface area contributed by atoms with E-state index in [4.69, 9.17) is 4.98 Å². The standard InChI is InChI=1S/C16H17N5S/c1-4-9-21-12(3)19-20-16(21)22-10-15-11(2)17-13-7-5-6-8-14(13)18-15/h4-8H,1,9-10H2,2-3H3. The number of aryl methyl sites for hydroxylation is 2. The molecular weight excluding hydrogens is 294 g/mol. The van der Waals surface area contributed by atoms with Gasteiger partial charge in [0.15, 0.2) is 5.16 Å². The predicted molar refractivity (Wildman–Crippen MR) is 88.8 cm³/mol. The van der Waals surface area contributed by atoms with E-state index in [1.807, 2.05) is 48.8 Å². The molecule has 0 aliphatic carbocycles. The smallest absolute Gasteiger partial charge is 0.191 e. The van der Waals surface area contributed by atoms with Crippen LogP contribution in [0.25, 0.3) is 11.0 Å². The summed E-state index contributed by atoms with van der Waals surface area (Å²) in [5.41, 5.74) is 3.79. The molecular formula is C16H17N5S. The molecule has 2 aromatic heterocycles. The van der Waals surface area contributed by atoms with Crippen LogP contribution in [0.4, 0.5) is 0 Å². The molecule has 0 unspecified atom stereocenters. The van der Waals surface area contributed by atoms with Gasteiger partial charge in [-0.25, -0.2) is 9.97 Å². The number of fused-ring (bicyclic) bond motifs is 1. The zero-order chi connectivity index (χ0) is 15.5. The molecule has 3 rings (SSSR count). The summed E-state index contributed by atoms with van der Waals surface area (Å²) in [6.45, 7) is 8.43. The van der Waals surface area contributed by atoms with Crippen LogP contribution in [0.5, 0.6) is 0 Å². The summed E-state index contributed by atoms with van der Waals surface area (Å²) in [4.78, 5) is 9.33. The topological polar surface area (TPSA) is 56.5 Å². The van der Waals surface area contributed by atoms with Gasteiger partial charge in [0, 0.05) is 12.3 Å². The summed E-state index contributed by atoms with van der Waals surface area (Å²) in [5, 5.41) is 9.23. The van der Waals surface area contributed by atoms with E-state index in [1.54, 1.807) is 11.8 Å². The second kappa shape index (κ2) is 6.27. The van der Waals surface area contributed by atoms with Crippen molar-refractivity contribution in [3.05, 3.63) is 54.1 Å². The lowest BCUT2D eigenvalue weighted by atomic mass is 10.2. The SMILES string of the molecule is C=CCn1c(C)nnc1SCc1nc2ccccc2nc1C. The summed E-state index contributed by atoms with van der Waals surface area (Å²) < 4.78 is 2.04. The number of para-hydroxylation sites is 2. The summed E-state index contributed by atoms with van der Waals surface area (Å²) in [7, 11) is 0. The maximum atomic E-state index is 4.71. The van der Waals surface area contributed by atoms with Crippen molar-refractivity contribution < 1.29 is 0 Å². The molecule has 0 N–H and O–H groups in total. The highest BCUT2D eigenvalue weighted by molar-refractivity contribution is 7.98. The maximum Gasteiger partial charge on any atom is 0.191 e. The fourth-order valence-corrected chi connectivity index (χ4v) is 3.20. The van der Waals surface area contributed by atoms with Gasteiger partial charge in [-0.2, -0.15) is 0 Å². The molecule has 22 heavy (non-hydrogen) atoms. The fraction of sp³-hybridized carbons (Fsp3) is 0.250. The molecule has 0 atom stereocenters. The van der Waals surface area contributed by atoms with Gasteiger partial charge >= 0.3 is 0 Å². The zero-order valence-electron chi connectivity index (χ0n) is 12.7. The molecule has 2 heterocycles. The Labute approximate surface area is 133 Å². The van der Waals surface area contributed by atoms with E-state index in [0.717, 1.165) is 39.2 Å². The minimum Gasteiger partial charge on any atom is -0.302 e. The van der Waals surface area contributed by atoms with E-state index < -0.39 is 0 Å². The quantitative estimate of drug-likeness (QED) is 0.534. The number of rotatable bonds is 5. The third-order valence-electron chi connectivity index (χ3n) is 3.39. The van der Waals surface area contributed by atoms with Crippen LogP contribution in [0, 0.1) is 13.8 Å². The number of thioether (sulfide) groups is 1. The molecule has 0 saturated heterocycles. The van der Waals surface area contributed by atoms with Crippen molar-refractivity contribution >= 4 is 22.8 Å². The summed E-state index contributed by atoms with van der Waals surface area (Å²) >= 11 is 1.62. The van der Waals surface area contributed by atoms with Gasteiger partial charge < -0.3 is 4.57 Å². The van der Waals surface area contributed by atoms with Crippen molar-refractivity contribution in [1.82, 2.24) is 24.7 Å². The van der Waals surface area contributed by atoms with Gasteiger partial charge in [-0.15, -0.1) is 16.8 Å². The summed E-state index contributed by atoms with van der Waals surface area (Å²) in [6.07, 6.45) is 1.85. The molecule has 0 fully saturated rings. The first-order chi connectivity index (χ1) is 10.7. The van der Waals surface area contributed by atoms with Crippen LogP contribution in [0.1, 0.15) is 17.2 Å². The number of benzene rings is 1. The fourth-order valence-electron chi connectivity index (χ4n) is 2.20. The Hall–Kier alpha value is -2.21. The van der Waals surface area contributed by atoms with E-state index in [9.17, 15) is 0 Å². The highest BCUT2D eigenvalue weighted by atomic mass is 32.2. The first-order valence-electron chi connectivity index (χ1n) is 7.05. The van der Waals surface area contributed by atoms with Crippen molar-refractivity contribution in [2.75, 3.05) is 0 Å². The van der Waals surface area contributed by atoms with E-state index in [1.165, 1.54) is 0 Å². The summed E-state index contributed by atoms with van der Waals surface area (Å²) in [5.74, 6) is 1.61. The maximum absolute atomic E-state index is 4.71. The molecule has 0 radical (unpaired) electrons. The third kappa shape index (κ3) is 2.87. The van der Waals surface area contributed by atoms with Gasteiger partial charge in [0.1, 0.15) is 5.82 Å². The van der Waals surface area contributed by atoms with E-state index in [2.05, 4.69) is 21.8 Å². The van der Waals surface area contributed by atoms with Crippen molar-refractivity contribution in [2.45, 2.75) is 31.3 Å². The van der Waals surface area contributed by atoms with E-state index in [0.29, 0.717) is 6.54 Å². The Kier molecular flexibility index (Phi) is 4.20. The lowest BCUT2D eigenvalue weighted by Crippen LogP contribution is -2.01. The largest absolute Gasteiger partial charge is 0.302 e. The lowest BCUT2D eigenvalue weighted by molar-refractivity contribution is 0.703. The Balaban J connectivity index is 1.85. The van der Waals surface area contributed by atoms with Crippen molar-refractivity contribution in [1.29, 1.82) is 0 Å².